The first-order valence-corrected chi connectivity index (χ1v) is 6.35. The monoisotopic (exact) mass is 277 g/mol. The van der Waals surface area contributed by atoms with Crippen molar-refractivity contribution >= 4 is 5.82 Å². The van der Waals surface area contributed by atoms with Gasteiger partial charge in [0, 0.05) is 31.9 Å². The van der Waals surface area contributed by atoms with E-state index in [4.69, 9.17) is 0 Å². The van der Waals surface area contributed by atoms with Gasteiger partial charge >= 0.3 is 0 Å². The third-order valence-corrected chi connectivity index (χ3v) is 2.99. The lowest BCUT2D eigenvalue weighted by molar-refractivity contribution is 0.589. The maximum atomic E-state index is 14.3. The van der Waals surface area contributed by atoms with Crippen molar-refractivity contribution in [1.82, 2.24) is 10.3 Å². The molecular weight excluding hydrogens is 260 g/mol. The van der Waals surface area contributed by atoms with Crippen LogP contribution in [-0.2, 0) is 13.1 Å². The van der Waals surface area contributed by atoms with Crippen molar-refractivity contribution in [3.63, 3.8) is 0 Å². The minimum atomic E-state index is -0.347. The van der Waals surface area contributed by atoms with Crippen molar-refractivity contribution in [2.75, 3.05) is 19.0 Å². The number of aromatic nitrogens is 1. The van der Waals surface area contributed by atoms with Crippen LogP contribution < -0.4 is 10.2 Å². The van der Waals surface area contributed by atoms with Gasteiger partial charge in [0.25, 0.3) is 0 Å². The van der Waals surface area contributed by atoms with Gasteiger partial charge < -0.3 is 10.2 Å². The van der Waals surface area contributed by atoms with E-state index in [2.05, 4.69) is 10.3 Å². The molecule has 0 saturated carbocycles. The van der Waals surface area contributed by atoms with Crippen LogP contribution in [0.2, 0.25) is 0 Å². The van der Waals surface area contributed by atoms with Crippen LogP contribution in [-0.4, -0.2) is 19.1 Å². The van der Waals surface area contributed by atoms with Gasteiger partial charge in [0.1, 0.15) is 5.82 Å². The average molecular weight is 277 g/mol. The van der Waals surface area contributed by atoms with Gasteiger partial charge in [-0.3, -0.25) is 0 Å². The summed E-state index contributed by atoms with van der Waals surface area (Å²) >= 11 is 0. The Hall–Kier alpha value is -2.01. The Morgan fingerprint density at radius 1 is 1.25 bits per heavy atom. The zero-order chi connectivity index (χ0) is 14.5. The molecule has 20 heavy (non-hydrogen) atoms. The molecule has 0 aliphatic heterocycles. The van der Waals surface area contributed by atoms with E-state index >= 15 is 0 Å². The highest BCUT2D eigenvalue weighted by molar-refractivity contribution is 5.43. The molecule has 0 aliphatic rings. The zero-order valence-electron chi connectivity index (χ0n) is 11.5. The molecule has 0 unspecified atom stereocenters. The number of halogens is 2. The van der Waals surface area contributed by atoms with Crippen molar-refractivity contribution in [1.29, 1.82) is 0 Å². The summed E-state index contributed by atoms with van der Waals surface area (Å²) in [5.41, 5.74) is 1.33. The molecule has 2 rings (SSSR count). The molecule has 2 aromatic rings. The summed E-state index contributed by atoms with van der Waals surface area (Å²) < 4.78 is 27.4. The fourth-order valence-corrected chi connectivity index (χ4v) is 2.05. The smallest absolute Gasteiger partial charge is 0.170 e. The van der Waals surface area contributed by atoms with E-state index in [9.17, 15) is 8.78 Å². The SMILES string of the molecule is CNCc1ccnc(N(C)Cc2cccc(F)c2)c1F. The molecule has 0 saturated heterocycles. The Bertz CT molecular complexity index is 587. The lowest BCUT2D eigenvalue weighted by Crippen LogP contribution is -2.20. The number of anilines is 1. The van der Waals surface area contributed by atoms with Crippen LogP contribution in [0.1, 0.15) is 11.1 Å². The summed E-state index contributed by atoms with van der Waals surface area (Å²) in [6, 6.07) is 7.90. The van der Waals surface area contributed by atoms with E-state index in [-0.39, 0.29) is 17.5 Å². The van der Waals surface area contributed by atoms with Gasteiger partial charge in [-0.15, -0.1) is 0 Å². The number of rotatable bonds is 5. The summed E-state index contributed by atoms with van der Waals surface area (Å²) in [6.07, 6.45) is 1.58. The van der Waals surface area contributed by atoms with E-state index in [1.807, 2.05) is 0 Å². The zero-order valence-corrected chi connectivity index (χ0v) is 11.5. The number of benzene rings is 1. The van der Waals surface area contributed by atoms with Crippen LogP contribution in [0, 0.1) is 11.6 Å². The lowest BCUT2D eigenvalue weighted by Gasteiger charge is -2.20. The molecule has 1 heterocycles. The maximum absolute atomic E-state index is 14.3. The van der Waals surface area contributed by atoms with Crippen LogP contribution in [0.4, 0.5) is 14.6 Å². The van der Waals surface area contributed by atoms with Gasteiger partial charge in [-0.05, 0) is 30.8 Å². The van der Waals surface area contributed by atoms with E-state index in [1.165, 1.54) is 12.1 Å². The van der Waals surface area contributed by atoms with Crippen LogP contribution >= 0.6 is 0 Å². The minimum Gasteiger partial charge on any atom is -0.353 e. The summed E-state index contributed by atoms with van der Waals surface area (Å²) in [5.74, 6) is -0.379. The highest BCUT2D eigenvalue weighted by Gasteiger charge is 2.13. The van der Waals surface area contributed by atoms with Crippen molar-refractivity contribution in [3.05, 3.63) is 59.3 Å². The number of hydrogen-bond acceptors (Lipinski definition) is 3. The molecule has 0 amide bonds. The molecule has 0 atom stereocenters. The molecule has 0 radical (unpaired) electrons. The summed E-state index contributed by atoms with van der Waals surface area (Å²) in [7, 11) is 3.50. The number of pyridine rings is 1. The lowest BCUT2D eigenvalue weighted by atomic mass is 10.2. The van der Waals surface area contributed by atoms with Crippen LogP contribution in [0.25, 0.3) is 0 Å². The standard InChI is InChI=1S/C15H17F2N3/c1-18-9-12-6-7-19-15(14(12)17)20(2)10-11-4-3-5-13(16)8-11/h3-8,18H,9-10H2,1-2H3. The van der Waals surface area contributed by atoms with Crippen molar-refractivity contribution in [2.45, 2.75) is 13.1 Å². The van der Waals surface area contributed by atoms with Crippen LogP contribution in [0.3, 0.4) is 0 Å². The molecule has 0 spiro atoms. The Balaban J connectivity index is 2.21. The largest absolute Gasteiger partial charge is 0.353 e. The summed E-state index contributed by atoms with van der Waals surface area (Å²) in [6.45, 7) is 0.833. The molecule has 5 heteroatoms. The predicted octanol–water partition coefficient (Wildman–Crippen LogP) is 2.72. The Morgan fingerprint density at radius 2 is 2.05 bits per heavy atom. The second kappa shape index (κ2) is 6.43. The molecule has 0 aliphatic carbocycles. The van der Waals surface area contributed by atoms with Gasteiger partial charge in [-0.2, -0.15) is 0 Å². The summed E-state index contributed by atoms with van der Waals surface area (Å²) in [4.78, 5) is 5.74. The second-order valence-corrected chi connectivity index (χ2v) is 4.62. The van der Waals surface area contributed by atoms with Crippen LogP contribution in [0.15, 0.2) is 36.5 Å². The molecule has 1 N–H and O–H groups in total. The topological polar surface area (TPSA) is 28.2 Å². The first-order valence-electron chi connectivity index (χ1n) is 6.35. The van der Waals surface area contributed by atoms with E-state index in [1.54, 1.807) is 43.4 Å². The molecular formula is C15H17F2N3. The quantitative estimate of drug-likeness (QED) is 0.911. The van der Waals surface area contributed by atoms with E-state index in [0.29, 0.717) is 18.7 Å². The fraction of sp³-hybridized carbons (Fsp3) is 0.267. The van der Waals surface area contributed by atoms with Crippen molar-refractivity contribution < 1.29 is 8.78 Å². The average Bonchev–Trinajstić information content (AvgIpc) is 2.41. The van der Waals surface area contributed by atoms with Gasteiger partial charge in [0.15, 0.2) is 11.6 Å². The maximum Gasteiger partial charge on any atom is 0.170 e. The first kappa shape index (κ1) is 14.4. The second-order valence-electron chi connectivity index (χ2n) is 4.62. The minimum absolute atomic E-state index is 0.266. The Labute approximate surface area is 117 Å². The predicted molar refractivity (Wildman–Crippen MR) is 75.5 cm³/mol. The fourth-order valence-electron chi connectivity index (χ4n) is 2.05. The number of hydrogen-bond donors (Lipinski definition) is 1. The molecule has 3 nitrogen and oxygen atoms in total. The van der Waals surface area contributed by atoms with Crippen LogP contribution in [0.5, 0.6) is 0 Å². The molecule has 0 fully saturated rings. The van der Waals surface area contributed by atoms with Crippen molar-refractivity contribution in [3.8, 4) is 0 Å². The summed E-state index contributed by atoms with van der Waals surface area (Å²) in [5, 5.41) is 2.91. The normalized spacial score (nSPS) is 10.6. The Morgan fingerprint density at radius 3 is 2.75 bits per heavy atom. The van der Waals surface area contributed by atoms with Crippen molar-refractivity contribution in [2.24, 2.45) is 0 Å². The Kier molecular flexibility index (Phi) is 4.63. The van der Waals surface area contributed by atoms with E-state index < -0.39 is 0 Å². The van der Waals surface area contributed by atoms with Gasteiger partial charge in [0.2, 0.25) is 0 Å². The molecule has 1 aromatic carbocycles. The molecule has 1 aromatic heterocycles. The highest BCUT2D eigenvalue weighted by atomic mass is 19.1. The van der Waals surface area contributed by atoms with Gasteiger partial charge in [0.05, 0.1) is 0 Å². The molecule has 106 valence electrons. The third kappa shape index (κ3) is 3.30. The number of nitrogens with one attached hydrogen (secondary N) is 1. The van der Waals surface area contributed by atoms with E-state index in [0.717, 1.165) is 5.56 Å². The number of nitrogens with zero attached hydrogens (tertiary/aromatic N) is 2. The third-order valence-electron chi connectivity index (χ3n) is 2.99. The van der Waals surface area contributed by atoms with Gasteiger partial charge in [-0.25, -0.2) is 13.8 Å². The van der Waals surface area contributed by atoms with Gasteiger partial charge in [-0.1, -0.05) is 12.1 Å². The first-order chi connectivity index (χ1) is 9.61. The highest BCUT2D eigenvalue weighted by Crippen LogP contribution is 2.20. The molecule has 0 bridgehead atoms.